The molecule has 1 aromatic heterocycles. The van der Waals surface area contributed by atoms with E-state index >= 15 is 0 Å². The van der Waals surface area contributed by atoms with Gasteiger partial charge >= 0.3 is 0 Å². The molecule has 3 heteroatoms. The van der Waals surface area contributed by atoms with Crippen LogP contribution in [-0.2, 0) is 5.41 Å². The molecule has 0 bridgehead atoms. The highest BCUT2D eigenvalue weighted by Crippen LogP contribution is 2.53. The Morgan fingerprint density at radius 3 is 2.12 bits per heavy atom. The Balaban J connectivity index is 0.00000104. The third kappa shape index (κ3) is 5.94. The van der Waals surface area contributed by atoms with E-state index < -0.39 is 0 Å². The van der Waals surface area contributed by atoms with Crippen molar-refractivity contribution in [2.45, 2.75) is 53.0 Å². The first-order valence-corrected chi connectivity index (χ1v) is 18.7. The molecule has 1 atom stereocenters. The second kappa shape index (κ2) is 14.9. The highest BCUT2D eigenvalue weighted by molar-refractivity contribution is 7.79. The van der Waals surface area contributed by atoms with Crippen LogP contribution in [0.2, 0.25) is 0 Å². The zero-order valence-corrected chi connectivity index (χ0v) is 31.2. The number of nitrogens with one attached hydrogen (secondary N) is 1. The molecule has 0 spiro atoms. The maximum atomic E-state index is 3.90. The van der Waals surface area contributed by atoms with Gasteiger partial charge in [-0.25, -0.2) is 0 Å². The smallest absolute Gasteiger partial charge is 0.0707 e. The summed E-state index contributed by atoms with van der Waals surface area (Å²) < 4.78 is 2.45. The summed E-state index contributed by atoms with van der Waals surface area (Å²) in [7, 11) is 0. The molecule has 0 saturated carbocycles. The van der Waals surface area contributed by atoms with Crippen LogP contribution < -0.4 is 5.32 Å². The van der Waals surface area contributed by atoms with E-state index in [2.05, 4.69) is 196 Å². The maximum Gasteiger partial charge on any atom is 0.0707 e. The summed E-state index contributed by atoms with van der Waals surface area (Å²) in [5, 5.41) is 6.54. The van der Waals surface area contributed by atoms with Gasteiger partial charge in [-0.2, -0.15) is 12.6 Å². The standard InChI is InChI=1S/C44H38N2.C2H6.CH4S/c1-5-15-29(6-2)32-27-38(30-16-9-7-10-17-30)45-39(28-32)31-22-24-40-36(26-31)42-41(46(40)33-18-11-8-12-19-33)25-23-35-34-20-13-14-21-37(34)44(3,4)43(35)42;2*1-2/h5-28,39,45H,1-4H3;1-2H3;2H,1H3/b15-5-,29-6+;;. The molecule has 0 radical (unpaired) electrons. The van der Waals surface area contributed by atoms with Crippen LogP contribution in [0.4, 0.5) is 0 Å². The molecule has 2 nitrogen and oxygen atoms in total. The predicted molar refractivity (Wildman–Crippen MR) is 222 cm³/mol. The summed E-state index contributed by atoms with van der Waals surface area (Å²) in [5.41, 5.74) is 15.1. The van der Waals surface area contributed by atoms with Gasteiger partial charge in [-0.05, 0) is 107 Å². The molecule has 1 N–H and O–H groups in total. The Hall–Kier alpha value is -4.99. The fourth-order valence-corrected chi connectivity index (χ4v) is 7.77. The Kier molecular flexibility index (Phi) is 10.4. The van der Waals surface area contributed by atoms with E-state index in [4.69, 9.17) is 0 Å². The average molecular weight is 673 g/mol. The van der Waals surface area contributed by atoms with Crippen LogP contribution in [0.3, 0.4) is 0 Å². The number of thiol groups is 1. The van der Waals surface area contributed by atoms with Crippen molar-refractivity contribution >= 4 is 40.1 Å². The number of fused-ring (bicyclic) bond motifs is 7. The molecular formula is C47H48N2S. The average Bonchev–Trinajstić information content (AvgIpc) is 3.63. The quantitative estimate of drug-likeness (QED) is 0.138. The first-order valence-electron chi connectivity index (χ1n) is 17.8. The number of para-hydroxylation sites is 1. The summed E-state index contributed by atoms with van der Waals surface area (Å²) in [5.74, 6) is 0. The zero-order valence-electron chi connectivity index (χ0n) is 30.3. The lowest BCUT2D eigenvalue weighted by atomic mass is 9.80. The van der Waals surface area contributed by atoms with Gasteiger partial charge in [0.05, 0.1) is 17.1 Å². The Labute approximate surface area is 304 Å². The molecular weight excluding hydrogens is 625 g/mol. The van der Waals surface area contributed by atoms with Crippen molar-refractivity contribution in [3.05, 3.63) is 179 Å². The van der Waals surface area contributed by atoms with Gasteiger partial charge in [0, 0.05) is 27.6 Å². The van der Waals surface area contributed by atoms with Crippen molar-refractivity contribution in [2.24, 2.45) is 0 Å². The third-order valence-electron chi connectivity index (χ3n) is 9.88. The van der Waals surface area contributed by atoms with Crippen LogP contribution >= 0.6 is 12.6 Å². The van der Waals surface area contributed by atoms with Gasteiger partial charge in [0.15, 0.2) is 0 Å². The summed E-state index contributed by atoms with van der Waals surface area (Å²) >= 11 is 3.53. The minimum atomic E-state index is -0.121. The molecule has 6 aromatic rings. The SMILES string of the molecule is C/C=C\C(=C/C)C1=CC(c2ccc3c(c2)c2c4c(ccc2n3-c2ccccc2)-c2ccccc2C4(C)C)NC(c2ccccc2)=C1.CC.CS. The first-order chi connectivity index (χ1) is 24.5. The monoisotopic (exact) mass is 672 g/mol. The van der Waals surface area contributed by atoms with Crippen LogP contribution in [0.1, 0.15) is 69.8 Å². The molecule has 252 valence electrons. The van der Waals surface area contributed by atoms with Crippen LogP contribution in [0.5, 0.6) is 0 Å². The van der Waals surface area contributed by atoms with Crippen molar-refractivity contribution < 1.29 is 0 Å². The number of benzene rings is 5. The maximum absolute atomic E-state index is 3.90. The molecule has 2 aliphatic rings. The zero-order chi connectivity index (χ0) is 35.4. The minimum Gasteiger partial charge on any atom is -0.374 e. The minimum absolute atomic E-state index is 0.0110. The molecule has 5 aromatic carbocycles. The van der Waals surface area contributed by atoms with Gasteiger partial charge in [-0.1, -0.05) is 131 Å². The van der Waals surface area contributed by atoms with Crippen LogP contribution in [-0.4, -0.2) is 10.8 Å². The van der Waals surface area contributed by atoms with Crippen LogP contribution in [0.15, 0.2) is 157 Å². The second-order valence-corrected chi connectivity index (χ2v) is 12.9. The van der Waals surface area contributed by atoms with Gasteiger partial charge in [-0.15, -0.1) is 0 Å². The van der Waals surface area contributed by atoms with Crippen molar-refractivity contribution in [1.82, 2.24) is 9.88 Å². The van der Waals surface area contributed by atoms with Crippen molar-refractivity contribution in [1.29, 1.82) is 0 Å². The van der Waals surface area contributed by atoms with E-state index in [0.29, 0.717) is 0 Å². The van der Waals surface area contributed by atoms with E-state index in [1.54, 1.807) is 6.26 Å². The molecule has 0 amide bonds. The lowest BCUT2D eigenvalue weighted by molar-refractivity contribution is 0.666. The van der Waals surface area contributed by atoms with E-state index in [9.17, 15) is 0 Å². The summed E-state index contributed by atoms with van der Waals surface area (Å²) in [6, 6.07) is 42.2. The van der Waals surface area contributed by atoms with Crippen molar-refractivity contribution in [2.75, 3.05) is 6.26 Å². The number of nitrogens with zero attached hydrogens (tertiary/aromatic N) is 1. The van der Waals surface area contributed by atoms with Crippen LogP contribution in [0.25, 0.3) is 44.3 Å². The van der Waals surface area contributed by atoms with E-state index in [-0.39, 0.29) is 11.5 Å². The lowest BCUT2D eigenvalue weighted by Crippen LogP contribution is -2.22. The Morgan fingerprint density at radius 1 is 0.760 bits per heavy atom. The topological polar surface area (TPSA) is 17.0 Å². The molecule has 1 aliphatic carbocycles. The second-order valence-electron chi connectivity index (χ2n) is 12.9. The van der Waals surface area contributed by atoms with Gasteiger partial charge in [0.2, 0.25) is 0 Å². The van der Waals surface area contributed by atoms with E-state index in [0.717, 1.165) is 5.70 Å². The molecule has 8 rings (SSSR count). The fraction of sp³-hybridized carbons (Fsp3) is 0.191. The van der Waals surface area contributed by atoms with Crippen molar-refractivity contribution in [3.8, 4) is 16.8 Å². The lowest BCUT2D eigenvalue weighted by Gasteiger charge is -2.26. The molecule has 50 heavy (non-hydrogen) atoms. The highest BCUT2D eigenvalue weighted by atomic mass is 32.1. The molecule has 0 fully saturated rings. The first kappa shape index (κ1) is 34.9. The van der Waals surface area contributed by atoms with Gasteiger partial charge in [0.1, 0.15) is 0 Å². The number of dihydropyridines is 1. The molecule has 2 heterocycles. The Bertz CT molecular complexity index is 2260. The molecule has 0 saturated heterocycles. The van der Waals surface area contributed by atoms with Gasteiger partial charge < -0.3 is 9.88 Å². The number of hydrogen-bond acceptors (Lipinski definition) is 2. The van der Waals surface area contributed by atoms with Crippen LogP contribution in [0, 0.1) is 0 Å². The third-order valence-corrected chi connectivity index (χ3v) is 9.88. The van der Waals surface area contributed by atoms with Gasteiger partial charge in [-0.3, -0.25) is 0 Å². The summed E-state index contributed by atoms with van der Waals surface area (Å²) in [6.45, 7) is 13.0. The predicted octanol–water partition coefficient (Wildman–Crippen LogP) is 12.8. The number of hydrogen-bond donors (Lipinski definition) is 2. The molecule has 1 aliphatic heterocycles. The summed E-state index contributed by atoms with van der Waals surface area (Å²) in [4.78, 5) is 0. The van der Waals surface area contributed by atoms with Gasteiger partial charge in [0.25, 0.3) is 0 Å². The van der Waals surface area contributed by atoms with E-state index in [1.807, 2.05) is 13.8 Å². The highest BCUT2D eigenvalue weighted by Gasteiger charge is 2.38. The largest absolute Gasteiger partial charge is 0.374 e. The number of allylic oxidation sites excluding steroid dienone is 6. The Morgan fingerprint density at radius 2 is 1.42 bits per heavy atom. The number of rotatable bonds is 5. The van der Waals surface area contributed by atoms with E-state index in [1.165, 1.54) is 72.0 Å². The summed E-state index contributed by atoms with van der Waals surface area (Å²) in [6.07, 6.45) is 12.9. The number of aromatic nitrogens is 1. The molecule has 1 unspecified atom stereocenters. The normalized spacial score (nSPS) is 16.0. The fourth-order valence-electron chi connectivity index (χ4n) is 7.77. The van der Waals surface area contributed by atoms with Crippen molar-refractivity contribution in [3.63, 3.8) is 0 Å².